The molecule has 1 rings (SSSR count). The van der Waals surface area contributed by atoms with Crippen LogP contribution in [-0.2, 0) is 4.79 Å². The molecule has 3 N–H and O–H groups in total. The van der Waals surface area contributed by atoms with E-state index in [2.05, 4.69) is 15.6 Å². The van der Waals surface area contributed by atoms with Crippen molar-refractivity contribution in [1.29, 1.82) is 0 Å². The number of aromatic carboxylic acids is 1. The van der Waals surface area contributed by atoms with E-state index < -0.39 is 5.97 Å². The number of carboxylic acids is 1. The Morgan fingerprint density at radius 3 is 2.83 bits per heavy atom. The molecule has 6 heteroatoms. The molecule has 0 spiro atoms. The Hall–Kier alpha value is -2.11. The van der Waals surface area contributed by atoms with Crippen molar-refractivity contribution in [2.45, 2.75) is 19.8 Å². The Labute approximate surface area is 105 Å². The summed E-state index contributed by atoms with van der Waals surface area (Å²) in [5.41, 5.74) is 0.576. The van der Waals surface area contributed by atoms with Crippen molar-refractivity contribution in [3.05, 3.63) is 24.0 Å². The molecule has 0 radical (unpaired) electrons. The molecule has 18 heavy (non-hydrogen) atoms. The zero-order chi connectivity index (χ0) is 13.4. The van der Waals surface area contributed by atoms with E-state index in [1.165, 1.54) is 18.5 Å². The largest absolute Gasteiger partial charge is 0.478 e. The highest BCUT2D eigenvalue weighted by atomic mass is 16.4. The standard InChI is InChI=1S/C12H17N3O3/c1-2-5-15-11(16)4-7-14-10-8-13-6-3-9(10)12(17)18/h3,6,8,14H,2,4-5,7H2,1H3,(H,15,16)(H,17,18). The maximum atomic E-state index is 11.3. The van der Waals surface area contributed by atoms with Gasteiger partial charge >= 0.3 is 5.97 Å². The minimum absolute atomic E-state index is 0.0508. The number of anilines is 1. The molecular weight excluding hydrogens is 234 g/mol. The number of amides is 1. The lowest BCUT2D eigenvalue weighted by Gasteiger charge is -2.08. The van der Waals surface area contributed by atoms with Gasteiger partial charge in [-0.25, -0.2) is 4.79 Å². The van der Waals surface area contributed by atoms with E-state index in [-0.39, 0.29) is 11.5 Å². The predicted octanol–water partition coefficient (Wildman–Crippen LogP) is 1.11. The van der Waals surface area contributed by atoms with E-state index in [9.17, 15) is 9.59 Å². The number of carboxylic acid groups (broad SMARTS) is 1. The number of carbonyl (C=O) groups is 2. The Bertz CT molecular complexity index is 421. The first kappa shape index (κ1) is 14.0. The van der Waals surface area contributed by atoms with Crippen LogP contribution in [0.3, 0.4) is 0 Å². The highest BCUT2D eigenvalue weighted by Gasteiger charge is 2.09. The second kappa shape index (κ2) is 7.26. The van der Waals surface area contributed by atoms with Crippen molar-refractivity contribution >= 4 is 17.6 Å². The zero-order valence-electron chi connectivity index (χ0n) is 10.3. The smallest absolute Gasteiger partial charge is 0.337 e. The van der Waals surface area contributed by atoms with Gasteiger partial charge in [-0.1, -0.05) is 6.92 Å². The van der Waals surface area contributed by atoms with Crippen LogP contribution in [0.5, 0.6) is 0 Å². The van der Waals surface area contributed by atoms with Gasteiger partial charge in [-0.15, -0.1) is 0 Å². The number of carbonyl (C=O) groups excluding carboxylic acids is 1. The maximum absolute atomic E-state index is 11.3. The van der Waals surface area contributed by atoms with Gasteiger partial charge in [0.05, 0.1) is 17.4 Å². The normalized spacial score (nSPS) is 9.83. The summed E-state index contributed by atoms with van der Waals surface area (Å²) in [5, 5.41) is 14.6. The second-order valence-corrected chi connectivity index (χ2v) is 3.75. The molecule has 0 aliphatic carbocycles. The first-order valence-corrected chi connectivity index (χ1v) is 5.83. The van der Waals surface area contributed by atoms with Gasteiger partial charge < -0.3 is 15.7 Å². The molecule has 0 aliphatic heterocycles. The molecule has 6 nitrogen and oxygen atoms in total. The minimum Gasteiger partial charge on any atom is -0.478 e. The van der Waals surface area contributed by atoms with Crippen LogP contribution in [0.25, 0.3) is 0 Å². The van der Waals surface area contributed by atoms with Crippen LogP contribution in [0, 0.1) is 0 Å². The van der Waals surface area contributed by atoms with Crippen molar-refractivity contribution in [3.8, 4) is 0 Å². The van der Waals surface area contributed by atoms with Gasteiger partial charge in [-0.05, 0) is 12.5 Å². The summed E-state index contributed by atoms with van der Waals surface area (Å²) >= 11 is 0. The van der Waals surface area contributed by atoms with Crippen LogP contribution >= 0.6 is 0 Å². The van der Waals surface area contributed by atoms with Gasteiger partial charge in [-0.3, -0.25) is 9.78 Å². The van der Waals surface area contributed by atoms with Crippen molar-refractivity contribution in [2.24, 2.45) is 0 Å². The maximum Gasteiger partial charge on any atom is 0.337 e. The summed E-state index contributed by atoms with van der Waals surface area (Å²) in [6, 6.07) is 1.42. The lowest BCUT2D eigenvalue weighted by atomic mass is 10.2. The van der Waals surface area contributed by atoms with Gasteiger partial charge in [0.15, 0.2) is 0 Å². The molecule has 0 unspecified atom stereocenters. The van der Waals surface area contributed by atoms with E-state index in [4.69, 9.17) is 5.11 Å². The fourth-order valence-corrected chi connectivity index (χ4v) is 1.39. The molecule has 0 aliphatic rings. The third kappa shape index (κ3) is 4.40. The fraction of sp³-hybridized carbons (Fsp3) is 0.417. The third-order valence-electron chi connectivity index (χ3n) is 2.29. The topological polar surface area (TPSA) is 91.3 Å². The molecule has 1 aromatic heterocycles. The molecule has 1 aromatic rings. The van der Waals surface area contributed by atoms with E-state index in [0.29, 0.717) is 25.2 Å². The average molecular weight is 251 g/mol. The molecule has 1 heterocycles. The number of aromatic nitrogens is 1. The fourth-order valence-electron chi connectivity index (χ4n) is 1.39. The highest BCUT2D eigenvalue weighted by Crippen LogP contribution is 2.12. The Morgan fingerprint density at radius 2 is 2.17 bits per heavy atom. The number of nitrogens with one attached hydrogen (secondary N) is 2. The summed E-state index contributed by atoms with van der Waals surface area (Å²) in [5.74, 6) is -1.07. The lowest BCUT2D eigenvalue weighted by molar-refractivity contribution is -0.120. The van der Waals surface area contributed by atoms with E-state index >= 15 is 0 Å². The molecule has 0 saturated heterocycles. The van der Waals surface area contributed by atoms with Gasteiger partial charge in [0.25, 0.3) is 0 Å². The van der Waals surface area contributed by atoms with Crippen LogP contribution in [0.2, 0.25) is 0 Å². The monoisotopic (exact) mass is 251 g/mol. The molecule has 98 valence electrons. The van der Waals surface area contributed by atoms with E-state index in [1.54, 1.807) is 0 Å². The van der Waals surface area contributed by atoms with Gasteiger partial charge in [0.2, 0.25) is 5.91 Å². The highest BCUT2D eigenvalue weighted by molar-refractivity contribution is 5.93. The summed E-state index contributed by atoms with van der Waals surface area (Å²) < 4.78 is 0. The molecule has 0 bridgehead atoms. The second-order valence-electron chi connectivity index (χ2n) is 3.75. The summed E-state index contributed by atoms with van der Waals surface area (Å²) in [6.45, 7) is 3.01. The molecule has 1 amide bonds. The number of hydrogen-bond acceptors (Lipinski definition) is 4. The quantitative estimate of drug-likeness (QED) is 0.675. The van der Waals surface area contributed by atoms with Crippen LogP contribution in [0.15, 0.2) is 18.5 Å². The minimum atomic E-state index is -1.02. The zero-order valence-corrected chi connectivity index (χ0v) is 10.3. The molecule has 0 fully saturated rings. The lowest BCUT2D eigenvalue weighted by Crippen LogP contribution is -2.26. The van der Waals surface area contributed by atoms with E-state index in [1.807, 2.05) is 6.92 Å². The van der Waals surface area contributed by atoms with Gasteiger partial charge in [0, 0.05) is 25.7 Å². The first-order valence-electron chi connectivity index (χ1n) is 5.83. The van der Waals surface area contributed by atoms with Gasteiger partial charge in [-0.2, -0.15) is 0 Å². The Balaban J connectivity index is 2.44. The van der Waals surface area contributed by atoms with Crippen molar-refractivity contribution in [1.82, 2.24) is 10.3 Å². The van der Waals surface area contributed by atoms with Crippen LogP contribution in [0.1, 0.15) is 30.1 Å². The SMILES string of the molecule is CCCNC(=O)CCNc1cnccc1C(=O)O. The third-order valence-corrected chi connectivity index (χ3v) is 2.29. The number of pyridine rings is 1. The Kier molecular flexibility index (Phi) is 5.63. The first-order chi connectivity index (χ1) is 8.65. The Morgan fingerprint density at radius 1 is 1.39 bits per heavy atom. The predicted molar refractivity (Wildman–Crippen MR) is 67.6 cm³/mol. The van der Waals surface area contributed by atoms with E-state index in [0.717, 1.165) is 6.42 Å². The number of hydrogen-bond donors (Lipinski definition) is 3. The molecule has 0 saturated carbocycles. The average Bonchev–Trinajstić information content (AvgIpc) is 2.36. The number of nitrogens with zero attached hydrogens (tertiary/aromatic N) is 1. The molecular formula is C12H17N3O3. The van der Waals surface area contributed by atoms with Crippen LogP contribution in [0.4, 0.5) is 5.69 Å². The van der Waals surface area contributed by atoms with Gasteiger partial charge in [0.1, 0.15) is 0 Å². The van der Waals surface area contributed by atoms with Crippen LogP contribution < -0.4 is 10.6 Å². The molecule has 0 atom stereocenters. The van der Waals surface area contributed by atoms with Crippen molar-refractivity contribution in [3.63, 3.8) is 0 Å². The summed E-state index contributed by atoms with van der Waals surface area (Å²) in [4.78, 5) is 26.1. The van der Waals surface area contributed by atoms with Crippen LogP contribution in [-0.4, -0.2) is 35.1 Å². The van der Waals surface area contributed by atoms with Crippen molar-refractivity contribution in [2.75, 3.05) is 18.4 Å². The van der Waals surface area contributed by atoms with Crippen molar-refractivity contribution < 1.29 is 14.7 Å². The molecule has 0 aromatic carbocycles. The number of rotatable bonds is 7. The summed E-state index contributed by atoms with van der Waals surface area (Å²) in [6.07, 6.45) is 4.05. The summed E-state index contributed by atoms with van der Waals surface area (Å²) in [7, 11) is 0.